The van der Waals surface area contributed by atoms with Gasteiger partial charge in [-0.15, -0.1) is 0 Å². The van der Waals surface area contributed by atoms with Crippen LogP contribution in [-0.2, 0) is 0 Å². The van der Waals surface area contributed by atoms with Gasteiger partial charge in [0.05, 0.1) is 0 Å². The molecule has 10 heavy (non-hydrogen) atoms. The van der Waals surface area contributed by atoms with E-state index in [0.29, 0.717) is 0 Å². The van der Waals surface area contributed by atoms with E-state index in [1.54, 1.807) is 0 Å². The monoisotopic (exact) mass is 142 g/mol. The highest BCUT2D eigenvalue weighted by Gasteiger charge is 2.44. The third kappa shape index (κ3) is 2.32. The van der Waals surface area contributed by atoms with Crippen molar-refractivity contribution in [2.75, 3.05) is 0 Å². The Balaban J connectivity index is 0.000000371. The molecule has 0 aromatic carbocycles. The highest BCUT2D eigenvalue weighted by Crippen LogP contribution is 2.54. The second-order valence-electron chi connectivity index (χ2n) is 3.51. The predicted molar refractivity (Wildman–Crippen MR) is 48.1 cm³/mol. The molecule has 0 spiro atoms. The van der Waals surface area contributed by atoms with E-state index in [2.05, 4.69) is 20.8 Å². The molecule has 62 valence electrons. The van der Waals surface area contributed by atoms with Crippen LogP contribution >= 0.6 is 0 Å². The summed E-state index contributed by atoms with van der Waals surface area (Å²) in [7, 11) is 0. The summed E-state index contributed by atoms with van der Waals surface area (Å²) in [6, 6.07) is 0. The van der Waals surface area contributed by atoms with E-state index >= 15 is 0 Å². The second kappa shape index (κ2) is 4.00. The molecule has 0 N–H and O–H groups in total. The zero-order valence-electron chi connectivity index (χ0n) is 8.20. The summed E-state index contributed by atoms with van der Waals surface area (Å²) in [6.07, 6.45) is 4.27. The Kier molecular flexibility index (Phi) is 4.00. The Morgan fingerprint density at radius 2 is 1.80 bits per heavy atom. The molecule has 0 aromatic rings. The SMILES string of the molecule is CC.CCCC1(C)CC1C. The molecule has 1 rings (SSSR count). The molecule has 1 saturated carbocycles. The highest BCUT2D eigenvalue weighted by atomic mass is 14.5. The average molecular weight is 142 g/mol. The van der Waals surface area contributed by atoms with Gasteiger partial charge in [-0.2, -0.15) is 0 Å². The van der Waals surface area contributed by atoms with Gasteiger partial charge in [-0.1, -0.05) is 41.0 Å². The molecule has 1 fully saturated rings. The van der Waals surface area contributed by atoms with E-state index in [9.17, 15) is 0 Å². The van der Waals surface area contributed by atoms with E-state index in [-0.39, 0.29) is 0 Å². The van der Waals surface area contributed by atoms with Crippen LogP contribution in [0.5, 0.6) is 0 Å². The Labute approximate surface area is 66.0 Å². The van der Waals surface area contributed by atoms with Crippen molar-refractivity contribution in [2.24, 2.45) is 11.3 Å². The Morgan fingerprint density at radius 1 is 1.40 bits per heavy atom. The van der Waals surface area contributed by atoms with E-state index in [4.69, 9.17) is 0 Å². The first kappa shape index (κ1) is 10.0. The van der Waals surface area contributed by atoms with Gasteiger partial charge in [0.15, 0.2) is 0 Å². The lowest BCUT2D eigenvalue weighted by molar-refractivity contribution is 0.468. The van der Waals surface area contributed by atoms with Crippen molar-refractivity contribution in [3.05, 3.63) is 0 Å². The van der Waals surface area contributed by atoms with Crippen molar-refractivity contribution >= 4 is 0 Å². The van der Waals surface area contributed by atoms with Gasteiger partial charge in [-0.3, -0.25) is 0 Å². The van der Waals surface area contributed by atoms with Crippen LogP contribution in [0.2, 0.25) is 0 Å². The van der Waals surface area contributed by atoms with Gasteiger partial charge in [-0.05, 0) is 24.2 Å². The Morgan fingerprint density at radius 3 is 1.90 bits per heavy atom. The number of rotatable bonds is 2. The van der Waals surface area contributed by atoms with Gasteiger partial charge in [0.2, 0.25) is 0 Å². The molecule has 0 heteroatoms. The molecule has 0 aromatic heterocycles. The third-order valence-electron chi connectivity index (χ3n) is 2.62. The quantitative estimate of drug-likeness (QED) is 0.549. The fraction of sp³-hybridized carbons (Fsp3) is 1.00. The average Bonchev–Trinajstić information content (AvgIpc) is 2.46. The second-order valence-corrected chi connectivity index (χ2v) is 3.51. The van der Waals surface area contributed by atoms with Gasteiger partial charge in [0.1, 0.15) is 0 Å². The fourth-order valence-corrected chi connectivity index (χ4v) is 1.56. The minimum atomic E-state index is 0.759. The molecule has 0 saturated heterocycles. The van der Waals surface area contributed by atoms with Gasteiger partial charge in [0.25, 0.3) is 0 Å². The molecule has 1 aliphatic rings. The summed E-state index contributed by atoms with van der Waals surface area (Å²) in [5, 5.41) is 0. The van der Waals surface area contributed by atoms with Crippen molar-refractivity contribution in [2.45, 2.75) is 53.9 Å². The lowest BCUT2D eigenvalue weighted by Crippen LogP contribution is -1.93. The highest BCUT2D eigenvalue weighted by molar-refractivity contribution is 4.95. The molecular weight excluding hydrogens is 120 g/mol. The minimum Gasteiger partial charge on any atom is -0.0683 e. The van der Waals surface area contributed by atoms with Gasteiger partial charge in [-0.25, -0.2) is 0 Å². The fourth-order valence-electron chi connectivity index (χ4n) is 1.56. The summed E-state index contributed by atoms with van der Waals surface area (Å²) in [5.74, 6) is 1.02. The van der Waals surface area contributed by atoms with E-state index in [1.807, 2.05) is 13.8 Å². The molecular formula is C10H22. The summed E-state index contributed by atoms with van der Waals surface area (Å²) < 4.78 is 0. The van der Waals surface area contributed by atoms with Crippen molar-refractivity contribution in [1.29, 1.82) is 0 Å². The number of hydrogen-bond donors (Lipinski definition) is 0. The van der Waals surface area contributed by atoms with E-state index in [0.717, 1.165) is 11.3 Å². The van der Waals surface area contributed by atoms with Crippen LogP contribution in [0.25, 0.3) is 0 Å². The topological polar surface area (TPSA) is 0 Å². The molecule has 1 aliphatic carbocycles. The smallest absolute Gasteiger partial charge is 0.0297 e. The van der Waals surface area contributed by atoms with Gasteiger partial charge < -0.3 is 0 Å². The maximum atomic E-state index is 2.40. The molecule has 0 amide bonds. The van der Waals surface area contributed by atoms with Crippen LogP contribution in [0.4, 0.5) is 0 Å². The van der Waals surface area contributed by atoms with Crippen LogP contribution in [-0.4, -0.2) is 0 Å². The number of hydrogen-bond acceptors (Lipinski definition) is 0. The van der Waals surface area contributed by atoms with E-state index in [1.165, 1.54) is 19.3 Å². The van der Waals surface area contributed by atoms with Gasteiger partial charge in [0, 0.05) is 0 Å². The van der Waals surface area contributed by atoms with Crippen molar-refractivity contribution in [1.82, 2.24) is 0 Å². The maximum Gasteiger partial charge on any atom is -0.0297 e. The molecule has 0 aliphatic heterocycles. The van der Waals surface area contributed by atoms with Crippen LogP contribution in [0.1, 0.15) is 53.9 Å². The maximum absolute atomic E-state index is 2.40. The Bertz CT molecular complexity index is 86.0. The van der Waals surface area contributed by atoms with Crippen molar-refractivity contribution < 1.29 is 0 Å². The van der Waals surface area contributed by atoms with Crippen molar-refractivity contribution in [3.63, 3.8) is 0 Å². The molecule has 0 nitrogen and oxygen atoms in total. The molecule has 0 radical (unpaired) electrons. The van der Waals surface area contributed by atoms with Crippen LogP contribution in [0, 0.1) is 11.3 Å². The van der Waals surface area contributed by atoms with Crippen molar-refractivity contribution in [3.8, 4) is 0 Å². The zero-order valence-corrected chi connectivity index (χ0v) is 8.20. The summed E-state index contributed by atoms with van der Waals surface area (Å²) in [6.45, 7) is 11.0. The first-order valence-electron chi connectivity index (χ1n) is 4.69. The Hall–Kier alpha value is 0. The standard InChI is InChI=1S/C8H16.C2H6/c1-4-5-8(3)6-7(8)2;1-2/h7H,4-6H2,1-3H3;1-2H3. The van der Waals surface area contributed by atoms with Crippen LogP contribution in [0.3, 0.4) is 0 Å². The van der Waals surface area contributed by atoms with Gasteiger partial charge >= 0.3 is 0 Å². The molecule has 0 bridgehead atoms. The largest absolute Gasteiger partial charge is 0.0683 e. The molecule has 2 atom stereocenters. The van der Waals surface area contributed by atoms with Crippen LogP contribution < -0.4 is 0 Å². The predicted octanol–water partition coefficient (Wildman–Crippen LogP) is 3.86. The molecule has 2 unspecified atom stereocenters. The lowest BCUT2D eigenvalue weighted by Gasteiger charge is -2.04. The zero-order chi connectivity index (χ0) is 8.20. The van der Waals surface area contributed by atoms with Crippen LogP contribution in [0.15, 0.2) is 0 Å². The lowest BCUT2D eigenvalue weighted by atomic mass is 10.0. The third-order valence-corrected chi connectivity index (χ3v) is 2.62. The molecule has 0 heterocycles. The summed E-state index contributed by atoms with van der Waals surface area (Å²) >= 11 is 0. The van der Waals surface area contributed by atoms with E-state index < -0.39 is 0 Å². The first-order valence-corrected chi connectivity index (χ1v) is 4.69. The normalized spacial score (nSPS) is 36.3. The minimum absolute atomic E-state index is 0.759. The summed E-state index contributed by atoms with van der Waals surface area (Å²) in [5.41, 5.74) is 0.759. The summed E-state index contributed by atoms with van der Waals surface area (Å²) in [4.78, 5) is 0. The first-order chi connectivity index (χ1) is 4.69.